The first-order valence-electron chi connectivity index (χ1n) is 9.36. The van der Waals surface area contributed by atoms with Crippen LogP contribution in [0.5, 0.6) is 0 Å². The van der Waals surface area contributed by atoms with Gasteiger partial charge in [0.05, 0.1) is 21.7 Å². The molecule has 8 heteroatoms. The van der Waals surface area contributed by atoms with Crippen molar-refractivity contribution in [3.8, 4) is 22.8 Å². The fraction of sp³-hybridized carbons (Fsp3) is 0.0435. The molecule has 0 spiro atoms. The van der Waals surface area contributed by atoms with Crippen LogP contribution in [0.2, 0.25) is 5.02 Å². The van der Waals surface area contributed by atoms with Crippen molar-refractivity contribution in [3.63, 3.8) is 0 Å². The summed E-state index contributed by atoms with van der Waals surface area (Å²) >= 11 is 9.80. The highest BCUT2D eigenvalue weighted by Gasteiger charge is 2.29. The summed E-state index contributed by atoms with van der Waals surface area (Å²) in [5, 5.41) is 6.97. The van der Waals surface area contributed by atoms with Crippen molar-refractivity contribution < 1.29 is 14.1 Å². The average Bonchev–Trinajstić information content (AvgIpc) is 3.36. The summed E-state index contributed by atoms with van der Waals surface area (Å²) < 4.78 is 6.28. The highest BCUT2D eigenvalue weighted by Crippen LogP contribution is 2.31. The molecule has 5 rings (SSSR count). The first-order chi connectivity index (χ1) is 15.0. The molecule has 0 radical (unpaired) electrons. The highest BCUT2D eigenvalue weighted by molar-refractivity contribution is 9.10. The van der Waals surface area contributed by atoms with Gasteiger partial charge >= 0.3 is 0 Å². The molecule has 1 aliphatic heterocycles. The second-order valence-electron chi connectivity index (χ2n) is 7.01. The van der Waals surface area contributed by atoms with Gasteiger partial charge < -0.3 is 4.52 Å². The number of rotatable bonds is 4. The number of benzene rings is 3. The van der Waals surface area contributed by atoms with Crippen LogP contribution < -0.4 is 5.32 Å². The molecule has 1 aromatic heterocycles. The van der Waals surface area contributed by atoms with Crippen LogP contribution >= 0.6 is 27.5 Å². The Labute approximate surface area is 190 Å². The topological polar surface area (TPSA) is 85.1 Å². The van der Waals surface area contributed by atoms with E-state index in [4.69, 9.17) is 16.1 Å². The summed E-state index contributed by atoms with van der Waals surface area (Å²) in [6.45, 7) is 0. The van der Waals surface area contributed by atoms with Crippen molar-refractivity contribution in [1.82, 2.24) is 15.5 Å². The van der Waals surface area contributed by atoms with Crippen LogP contribution in [0.4, 0.5) is 0 Å². The van der Waals surface area contributed by atoms with Crippen molar-refractivity contribution in [2.75, 3.05) is 0 Å². The second-order valence-corrected chi connectivity index (χ2v) is 8.27. The van der Waals surface area contributed by atoms with Crippen molar-refractivity contribution in [2.45, 2.75) is 6.42 Å². The van der Waals surface area contributed by atoms with Crippen LogP contribution in [0, 0.1) is 0 Å². The van der Waals surface area contributed by atoms with Crippen LogP contribution in [0.3, 0.4) is 0 Å². The lowest BCUT2D eigenvalue weighted by Gasteiger charge is -2.09. The van der Waals surface area contributed by atoms with Gasteiger partial charge in [0.2, 0.25) is 5.82 Å². The Morgan fingerprint density at radius 2 is 1.74 bits per heavy atom. The van der Waals surface area contributed by atoms with Crippen LogP contribution in [-0.2, 0) is 6.42 Å². The van der Waals surface area contributed by atoms with Crippen LogP contribution in [0.25, 0.3) is 22.8 Å². The van der Waals surface area contributed by atoms with Gasteiger partial charge in [-0.3, -0.25) is 14.9 Å². The molecule has 0 saturated heterocycles. The molecule has 0 aliphatic carbocycles. The van der Waals surface area contributed by atoms with Gasteiger partial charge in [-0.1, -0.05) is 57.0 Å². The first kappa shape index (κ1) is 19.7. The molecule has 1 N–H and O–H groups in total. The summed E-state index contributed by atoms with van der Waals surface area (Å²) in [7, 11) is 0. The van der Waals surface area contributed by atoms with Gasteiger partial charge in [-0.15, -0.1) is 0 Å². The smallest absolute Gasteiger partial charge is 0.259 e. The Kier molecular flexibility index (Phi) is 4.92. The Bertz CT molecular complexity index is 1370. The molecule has 152 valence electrons. The van der Waals surface area contributed by atoms with E-state index >= 15 is 0 Å². The molecule has 4 aromatic rings. The Morgan fingerprint density at radius 1 is 0.935 bits per heavy atom. The van der Waals surface area contributed by atoms with Crippen LogP contribution in [-0.4, -0.2) is 22.0 Å². The molecular weight excluding hydrogens is 482 g/mol. The zero-order chi connectivity index (χ0) is 21.5. The fourth-order valence-corrected chi connectivity index (χ4v) is 4.18. The number of nitrogens with zero attached hydrogens (tertiary/aromatic N) is 2. The maximum atomic E-state index is 12.2. The Morgan fingerprint density at radius 3 is 2.58 bits per heavy atom. The number of imide groups is 1. The molecule has 1 aliphatic rings. The van der Waals surface area contributed by atoms with Crippen molar-refractivity contribution in [1.29, 1.82) is 0 Å². The SMILES string of the molecule is O=C1NC(=O)c2c(Cc3cc(-c4noc(-c5ccccc5Cl)n4)ccc3Br)cccc21. The number of carbonyl (C=O) groups is 2. The van der Waals surface area contributed by atoms with E-state index in [1.54, 1.807) is 18.2 Å². The third-order valence-electron chi connectivity index (χ3n) is 5.06. The van der Waals surface area contributed by atoms with E-state index in [0.717, 1.165) is 21.2 Å². The molecule has 0 unspecified atom stereocenters. The standard InChI is InChI=1S/C23H13BrClN3O3/c24-17-9-8-13(20-26-23(31-28-20)15-5-1-2-7-18(15)25)11-14(17)10-12-4-3-6-16-19(12)22(30)27-21(16)29/h1-9,11H,10H2,(H,27,29,30). The Balaban J connectivity index is 1.50. The zero-order valence-electron chi connectivity index (χ0n) is 15.9. The highest BCUT2D eigenvalue weighted by atomic mass is 79.9. The van der Waals surface area contributed by atoms with E-state index in [1.165, 1.54) is 0 Å². The summed E-state index contributed by atoms with van der Waals surface area (Å²) in [6, 6.07) is 18.2. The summed E-state index contributed by atoms with van der Waals surface area (Å²) in [6.07, 6.45) is 0.452. The number of halogens is 2. The number of nitrogens with one attached hydrogen (secondary N) is 1. The maximum absolute atomic E-state index is 12.2. The molecular formula is C23H13BrClN3O3. The predicted molar refractivity (Wildman–Crippen MR) is 119 cm³/mol. The third-order valence-corrected chi connectivity index (χ3v) is 6.17. The molecule has 2 amide bonds. The molecule has 2 heterocycles. The lowest BCUT2D eigenvalue weighted by Crippen LogP contribution is -2.20. The summed E-state index contributed by atoms with van der Waals surface area (Å²) in [4.78, 5) is 28.7. The monoisotopic (exact) mass is 493 g/mol. The van der Waals surface area contributed by atoms with Gasteiger partial charge in [0, 0.05) is 10.0 Å². The van der Waals surface area contributed by atoms with Crippen molar-refractivity contribution in [3.05, 3.63) is 92.4 Å². The number of aromatic nitrogens is 2. The molecule has 0 atom stereocenters. The van der Waals surface area contributed by atoms with Gasteiger partial charge in [0.15, 0.2) is 0 Å². The normalized spacial score (nSPS) is 12.7. The molecule has 6 nitrogen and oxygen atoms in total. The van der Waals surface area contributed by atoms with E-state index in [-0.39, 0.29) is 11.8 Å². The second kappa shape index (κ2) is 7.76. The number of hydrogen-bond donors (Lipinski definition) is 1. The minimum Gasteiger partial charge on any atom is -0.334 e. The van der Waals surface area contributed by atoms with E-state index in [0.29, 0.717) is 39.8 Å². The van der Waals surface area contributed by atoms with Gasteiger partial charge in [0.1, 0.15) is 0 Å². The van der Waals surface area contributed by atoms with Gasteiger partial charge in [-0.05, 0) is 53.9 Å². The fourth-order valence-electron chi connectivity index (χ4n) is 3.58. The molecule has 0 saturated carbocycles. The van der Waals surface area contributed by atoms with Crippen molar-refractivity contribution in [2.24, 2.45) is 0 Å². The van der Waals surface area contributed by atoms with E-state index in [2.05, 4.69) is 31.4 Å². The van der Waals surface area contributed by atoms with Crippen molar-refractivity contribution >= 4 is 39.3 Å². The van der Waals surface area contributed by atoms with Crippen LogP contribution in [0.15, 0.2) is 69.7 Å². The van der Waals surface area contributed by atoms with Crippen LogP contribution in [0.1, 0.15) is 31.8 Å². The van der Waals surface area contributed by atoms with Gasteiger partial charge in [0.25, 0.3) is 17.7 Å². The molecule has 3 aromatic carbocycles. The minimum absolute atomic E-state index is 0.334. The lowest BCUT2D eigenvalue weighted by molar-refractivity contribution is 0.0879. The van der Waals surface area contributed by atoms with E-state index in [9.17, 15) is 9.59 Å². The van der Waals surface area contributed by atoms with E-state index in [1.807, 2.05) is 42.5 Å². The molecule has 0 bridgehead atoms. The summed E-state index contributed by atoms with van der Waals surface area (Å²) in [5.41, 5.74) is 3.93. The largest absolute Gasteiger partial charge is 0.334 e. The van der Waals surface area contributed by atoms with Gasteiger partial charge in [-0.25, -0.2) is 0 Å². The maximum Gasteiger partial charge on any atom is 0.259 e. The number of fused-ring (bicyclic) bond motifs is 1. The van der Waals surface area contributed by atoms with E-state index < -0.39 is 0 Å². The zero-order valence-corrected chi connectivity index (χ0v) is 18.2. The molecule has 0 fully saturated rings. The van der Waals surface area contributed by atoms with Gasteiger partial charge in [-0.2, -0.15) is 4.98 Å². The number of hydrogen-bond acceptors (Lipinski definition) is 5. The lowest BCUT2D eigenvalue weighted by atomic mass is 9.96. The number of amides is 2. The Hall–Kier alpha value is -3.29. The first-order valence-corrected chi connectivity index (χ1v) is 10.5. The third kappa shape index (κ3) is 3.56. The predicted octanol–water partition coefficient (Wildman–Crippen LogP) is 5.29. The molecule has 31 heavy (non-hydrogen) atoms. The quantitative estimate of drug-likeness (QED) is 0.390. The average molecular weight is 495 g/mol. The summed E-state index contributed by atoms with van der Waals surface area (Å²) in [5.74, 6) is 0.0232. The minimum atomic E-state index is -0.370. The number of carbonyl (C=O) groups excluding carboxylic acids is 2.